The van der Waals surface area contributed by atoms with Crippen LogP contribution >= 0.6 is 0 Å². The molecule has 8 heteroatoms. The van der Waals surface area contributed by atoms with Gasteiger partial charge in [0.15, 0.2) is 0 Å². The highest BCUT2D eigenvalue weighted by Gasteiger charge is 2.12. The van der Waals surface area contributed by atoms with Crippen LogP contribution in [-0.4, -0.2) is 37.4 Å². The number of rotatable bonds is 8. The number of nitrogens with one attached hydrogen (secondary N) is 1. The lowest BCUT2D eigenvalue weighted by Gasteiger charge is -2.13. The molecule has 0 aliphatic carbocycles. The van der Waals surface area contributed by atoms with Crippen molar-refractivity contribution in [3.05, 3.63) is 47.9 Å². The number of aryl methyl sites for hydroxylation is 3. The molecule has 0 aromatic carbocycles. The molecule has 0 bridgehead atoms. The lowest BCUT2D eigenvalue weighted by atomic mass is 10.1. The van der Waals surface area contributed by atoms with Gasteiger partial charge in [0, 0.05) is 49.6 Å². The molecule has 0 aliphatic heterocycles. The van der Waals surface area contributed by atoms with Crippen molar-refractivity contribution < 1.29 is 9.32 Å². The first-order valence-corrected chi connectivity index (χ1v) is 9.02. The fraction of sp³-hybridized carbons (Fsp3) is 0.421. The zero-order valence-electron chi connectivity index (χ0n) is 15.8. The van der Waals surface area contributed by atoms with Crippen LogP contribution in [-0.2, 0) is 17.8 Å². The molecule has 0 fully saturated rings. The summed E-state index contributed by atoms with van der Waals surface area (Å²) in [6.45, 7) is 7.49. The van der Waals surface area contributed by atoms with Crippen molar-refractivity contribution >= 4 is 5.91 Å². The highest BCUT2D eigenvalue weighted by molar-refractivity contribution is 5.76. The molecule has 1 amide bonds. The molecule has 0 aliphatic rings. The van der Waals surface area contributed by atoms with Crippen LogP contribution in [0.1, 0.15) is 30.6 Å². The molecule has 0 unspecified atom stereocenters. The topological polar surface area (TPSA) is 98.7 Å². The number of hydrogen-bond donors (Lipinski definition) is 1. The Hall–Kier alpha value is -3.03. The molecule has 3 aromatic heterocycles. The van der Waals surface area contributed by atoms with Gasteiger partial charge in [-0.3, -0.25) is 14.5 Å². The van der Waals surface area contributed by atoms with Gasteiger partial charge in [0.2, 0.25) is 17.6 Å². The predicted octanol–water partition coefficient (Wildman–Crippen LogP) is 2.33. The molecule has 142 valence electrons. The highest BCUT2D eigenvalue weighted by Crippen LogP contribution is 2.14. The summed E-state index contributed by atoms with van der Waals surface area (Å²) in [6.07, 6.45) is 4.07. The fourth-order valence-corrected chi connectivity index (χ4v) is 2.79. The monoisotopic (exact) mass is 368 g/mol. The lowest BCUT2D eigenvalue weighted by Crippen LogP contribution is -2.30. The Balaban J connectivity index is 1.42. The van der Waals surface area contributed by atoms with Gasteiger partial charge in [-0.15, -0.1) is 0 Å². The summed E-state index contributed by atoms with van der Waals surface area (Å²) in [6, 6.07) is 5.67. The van der Waals surface area contributed by atoms with E-state index in [0.29, 0.717) is 31.1 Å². The summed E-state index contributed by atoms with van der Waals surface area (Å²) in [4.78, 5) is 20.4. The van der Waals surface area contributed by atoms with E-state index in [1.165, 1.54) is 0 Å². The predicted molar refractivity (Wildman–Crippen MR) is 99.7 cm³/mol. The molecule has 0 radical (unpaired) electrons. The molecule has 3 rings (SSSR count). The minimum atomic E-state index is -0.0288. The highest BCUT2D eigenvalue weighted by atomic mass is 16.5. The standard InChI is InChI=1S/C19H24N6O2/c1-13(12-25-15(3)10-14(2)23-25)11-21-17(26)4-5-18-22-19(24-27-18)16-6-8-20-9-7-16/h6-10,13H,4-5,11-12H2,1-3H3,(H,21,26)/t13-/m1/s1. The molecule has 1 atom stereocenters. The van der Waals surface area contributed by atoms with Crippen molar-refractivity contribution in [2.75, 3.05) is 6.54 Å². The van der Waals surface area contributed by atoms with E-state index in [0.717, 1.165) is 23.5 Å². The molecule has 0 saturated heterocycles. The first kappa shape index (κ1) is 18.8. The summed E-state index contributed by atoms with van der Waals surface area (Å²) in [5.74, 6) is 1.21. The number of carbonyl (C=O) groups is 1. The van der Waals surface area contributed by atoms with E-state index in [2.05, 4.69) is 38.5 Å². The van der Waals surface area contributed by atoms with Crippen LogP contribution in [0, 0.1) is 19.8 Å². The van der Waals surface area contributed by atoms with Crippen LogP contribution in [0.15, 0.2) is 35.1 Å². The zero-order valence-corrected chi connectivity index (χ0v) is 15.8. The molecular weight excluding hydrogens is 344 g/mol. The van der Waals surface area contributed by atoms with Crippen molar-refractivity contribution in [1.29, 1.82) is 0 Å². The number of hydrogen-bond acceptors (Lipinski definition) is 6. The maximum Gasteiger partial charge on any atom is 0.227 e. The van der Waals surface area contributed by atoms with Crippen LogP contribution in [0.4, 0.5) is 0 Å². The third-order valence-electron chi connectivity index (χ3n) is 4.21. The number of nitrogens with zero attached hydrogens (tertiary/aromatic N) is 5. The van der Waals surface area contributed by atoms with Gasteiger partial charge in [-0.1, -0.05) is 12.1 Å². The second-order valence-electron chi connectivity index (χ2n) is 6.77. The second kappa shape index (κ2) is 8.57. The normalized spacial score (nSPS) is 12.1. The first-order valence-electron chi connectivity index (χ1n) is 9.02. The fourth-order valence-electron chi connectivity index (χ4n) is 2.79. The molecule has 8 nitrogen and oxygen atoms in total. The molecule has 3 heterocycles. The van der Waals surface area contributed by atoms with Gasteiger partial charge in [0.05, 0.1) is 5.69 Å². The van der Waals surface area contributed by atoms with E-state index in [1.54, 1.807) is 12.4 Å². The maximum absolute atomic E-state index is 12.1. The molecule has 0 spiro atoms. The van der Waals surface area contributed by atoms with Gasteiger partial charge < -0.3 is 9.84 Å². The maximum atomic E-state index is 12.1. The number of aromatic nitrogens is 5. The van der Waals surface area contributed by atoms with Crippen LogP contribution in [0.3, 0.4) is 0 Å². The van der Waals surface area contributed by atoms with Crippen LogP contribution in [0.25, 0.3) is 11.4 Å². The number of carbonyl (C=O) groups excluding carboxylic acids is 1. The zero-order chi connectivity index (χ0) is 19.2. The summed E-state index contributed by atoms with van der Waals surface area (Å²) >= 11 is 0. The van der Waals surface area contributed by atoms with Gasteiger partial charge in [0.25, 0.3) is 0 Å². The van der Waals surface area contributed by atoms with E-state index in [9.17, 15) is 4.79 Å². The van der Waals surface area contributed by atoms with E-state index in [-0.39, 0.29) is 11.8 Å². The summed E-state index contributed by atoms with van der Waals surface area (Å²) in [5.41, 5.74) is 2.98. The molecule has 1 N–H and O–H groups in total. The van der Waals surface area contributed by atoms with Crippen molar-refractivity contribution in [2.45, 2.75) is 40.2 Å². The Morgan fingerprint density at radius 1 is 1.30 bits per heavy atom. The Labute approximate surface area is 158 Å². The minimum absolute atomic E-state index is 0.0288. The summed E-state index contributed by atoms with van der Waals surface area (Å²) in [5, 5.41) is 11.4. The van der Waals surface area contributed by atoms with Crippen LogP contribution in [0.2, 0.25) is 0 Å². The Morgan fingerprint density at radius 2 is 2.07 bits per heavy atom. The van der Waals surface area contributed by atoms with Gasteiger partial charge >= 0.3 is 0 Å². The molecular formula is C19H24N6O2. The van der Waals surface area contributed by atoms with Gasteiger partial charge in [0.1, 0.15) is 0 Å². The molecule has 27 heavy (non-hydrogen) atoms. The quantitative estimate of drug-likeness (QED) is 0.655. The Morgan fingerprint density at radius 3 is 2.78 bits per heavy atom. The van der Waals surface area contributed by atoms with Gasteiger partial charge in [-0.2, -0.15) is 10.1 Å². The van der Waals surface area contributed by atoms with Gasteiger partial charge in [-0.25, -0.2) is 0 Å². The largest absolute Gasteiger partial charge is 0.356 e. The average molecular weight is 368 g/mol. The third kappa shape index (κ3) is 5.22. The molecule has 3 aromatic rings. The number of amides is 1. The Bertz CT molecular complexity index is 887. The van der Waals surface area contributed by atoms with Crippen molar-refractivity contribution in [3.8, 4) is 11.4 Å². The number of pyridine rings is 1. The van der Waals surface area contributed by atoms with Crippen LogP contribution in [0.5, 0.6) is 0 Å². The molecule has 0 saturated carbocycles. The Kier molecular flexibility index (Phi) is 5.95. The summed E-state index contributed by atoms with van der Waals surface area (Å²) < 4.78 is 7.19. The SMILES string of the molecule is Cc1cc(C)n(C[C@H](C)CNC(=O)CCc2nc(-c3ccncc3)no2)n1. The van der Waals surface area contributed by atoms with Crippen molar-refractivity contribution in [1.82, 2.24) is 30.2 Å². The van der Waals surface area contributed by atoms with Gasteiger partial charge in [-0.05, 0) is 38.0 Å². The average Bonchev–Trinajstić information content (AvgIpc) is 3.25. The van der Waals surface area contributed by atoms with Crippen LogP contribution < -0.4 is 5.32 Å². The van der Waals surface area contributed by atoms with E-state index < -0.39 is 0 Å². The summed E-state index contributed by atoms with van der Waals surface area (Å²) in [7, 11) is 0. The van der Waals surface area contributed by atoms with Crippen molar-refractivity contribution in [3.63, 3.8) is 0 Å². The van der Waals surface area contributed by atoms with E-state index in [1.807, 2.05) is 30.7 Å². The van der Waals surface area contributed by atoms with Crippen molar-refractivity contribution in [2.24, 2.45) is 5.92 Å². The third-order valence-corrected chi connectivity index (χ3v) is 4.21. The minimum Gasteiger partial charge on any atom is -0.356 e. The first-order chi connectivity index (χ1) is 13.0. The smallest absolute Gasteiger partial charge is 0.227 e. The second-order valence-corrected chi connectivity index (χ2v) is 6.77. The van der Waals surface area contributed by atoms with E-state index in [4.69, 9.17) is 4.52 Å². The lowest BCUT2D eigenvalue weighted by molar-refractivity contribution is -0.121. The van der Waals surface area contributed by atoms with E-state index >= 15 is 0 Å².